The average Bonchev–Trinajstić information content (AvgIpc) is 2.90. The van der Waals surface area contributed by atoms with E-state index in [1.165, 1.54) is 12.8 Å². The van der Waals surface area contributed by atoms with Crippen molar-refractivity contribution < 1.29 is 9.53 Å². The first-order chi connectivity index (χ1) is 8.24. The standard InChI is InChI=1S/C13H19NO2S/c1-10-9-17-13(14-10)8-11(15)4-2-5-12-6-3-7-16-12/h9,12H,2-8H2,1H3. The van der Waals surface area contributed by atoms with Crippen molar-refractivity contribution in [2.24, 2.45) is 0 Å². The number of nitrogens with zero attached hydrogens (tertiary/aromatic N) is 1. The number of ether oxygens (including phenoxy) is 1. The zero-order chi connectivity index (χ0) is 12.1. The molecule has 0 spiro atoms. The Morgan fingerprint density at radius 3 is 3.18 bits per heavy atom. The monoisotopic (exact) mass is 253 g/mol. The fourth-order valence-corrected chi connectivity index (χ4v) is 2.94. The lowest BCUT2D eigenvalue weighted by Gasteiger charge is -2.07. The molecule has 1 atom stereocenters. The van der Waals surface area contributed by atoms with Crippen LogP contribution in [0.5, 0.6) is 0 Å². The second-order valence-electron chi connectivity index (χ2n) is 4.63. The molecule has 1 aromatic rings. The van der Waals surface area contributed by atoms with E-state index in [0.717, 1.165) is 30.2 Å². The summed E-state index contributed by atoms with van der Waals surface area (Å²) in [5.41, 5.74) is 1.01. The zero-order valence-electron chi connectivity index (χ0n) is 10.3. The molecule has 94 valence electrons. The Hall–Kier alpha value is -0.740. The maximum Gasteiger partial charge on any atom is 0.139 e. The fraction of sp³-hybridized carbons (Fsp3) is 0.692. The van der Waals surface area contributed by atoms with Gasteiger partial charge in [0.15, 0.2) is 0 Å². The first-order valence-corrected chi connectivity index (χ1v) is 7.16. The van der Waals surface area contributed by atoms with Crippen molar-refractivity contribution in [3.05, 3.63) is 16.1 Å². The van der Waals surface area contributed by atoms with Gasteiger partial charge in [-0.3, -0.25) is 4.79 Å². The van der Waals surface area contributed by atoms with E-state index in [0.29, 0.717) is 24.7 Å². The summed E-state index contributed by atoms with van der Waals surface area (Å²) in [6.45, 7) is 2.86. The average molecular weight is 253 g/mol. The maximum absolute atomic E-state index is 11.7. The van der Waals surface area contributed by atoms with Gasteiger partial charge in [0.25, 0.3) is 0 Å². The third kappa shape index (κ3) is 4.21. The highest BCUT2D eigenvalue weighted by Crippen LogP contribution is 2.18. The number of ketones is 1. The van der Waals surface area contributed by atoms with Gasteiger partial charge >= 0.3 is 0 Å². The summed E-state index contributed by atoms with van der Waals surface area (Å²) >= 11 is 1.58. The number of thiazole rings is 1. The second-order valence-corrected chi connectivity index (χ2v) is 5.57. The minimum absolute atomic E-state index is 0.303. The summed E-state index contributed by atoms with van der Waals surface area (Å²) in [5, 5.41) is 2.94. The molecule has 3 nitrogen and oxygen atoms in total. The quantitative estimate of drug-likeness (QED) is 0.782. The van der Waals surface area contributed by atoms with Gasteiger partial charge in [-0.05, 0) is 32.6 Å². The summed E-state index contributed by atoms with van der Waals surface area (Å²) in [4.78, 5) is 16.0. The molecule has 1 unspecified atom stereocenters. The lowest BCUT2D eigenvalue weighted by molar-refractivity contribution is -0.118. The summed E-state index contributed by atoms with van der Waals surface area (Å²) in [6, 6.07) is 0. The largest absolute Gasteiger partial charge is 0.378 e. The molecular formula is C13H19NO2S. The number of carbonyl (C=O) groups excluding carboxylic acids is 1. The Labute approximate surface area is 106 Å². The topological polar surface area (TPSA) is 39.2 Å². The van der Waals surface area contributed by atoms with Crippen molar-refractivity contribution in [1.29, 1.82) is 0 Å². The van der Waals surface area contributed by atoms with E-state index in [1.54, 1.807) is 11.3 Å². The van der Waals surface area contributed by atoms with Crippen LogP contribution in [-0.2, 0) is 16.0 Å². The Balaban J connectivity index is 1.63. The molecule has 0 saturated carbocycles. The van der Waals surface area contributed by atoms with E-state index in [1.807, 2.05) is 12.3 Å². The van der Waals surface area contributed by atoms with Gasteiger partial charge in [0.05, 0.1) is 12.5 Å². The molecule has 0 aromatic carbocycles. The van der Waals surface area contributed by atoms with E-state index >= 15 is 0 Å². The summed E-state index contributed by atoms with van der Waals surface area (Å²) in [5.74, 6) is 0.303. The third-order valence-electron chi connectivity index (χ3n) is 3.02. The van der Waals surface area contributed by atoms with Gasteiger partial charge in [0.1, 0.15) is 10.8 Å². The lowest BCUT2D eigenvalue weighted by Crippen LogP contribution is -2.07. The number of rotatable bonds is 6. The van der Waals surface area contributed by atoms with Crippen LogP contribution in [0.15, 0.2) is 5.38 Å². The molecule has 0 radical (unpaired) electrons. The molecule has 1 aliphatic rings. The Morgan fingerprint density at radius 2 is 2.53 bits per heavy atom. The van der Waals surface area contributed by atoms with Crippen LogP contribution < -0.4 is 0 Å². The SMILES string of the molecule is Cc1csc(CC(=O)CCCC2CCCO2)n1. The van der Waals surface area contributed by atoms with Crippen LogP contribution in [0, 0.1) is 6.92 Å². The van der Waals surface area contributed by atoms with Gasteiger partial charge in [0.2, 0.25) is 0 Å². The van der Waals surface area contributed by atoms with Gasteiger partial charge < -0.3 is 4.74 Å². The lowest BCUT2D eigenvalue weighted by atomic mass is 10.1. The van der Waals surface area contributed by atoms with E-state index in [2.05, 4.69) is 4.98 Å². The number of aryl methyl sites for hydroxylation is 1. The second kappa shape index (κ2) is 6.26. The van der Waals surface area contributed by atoms with Gasteiger partial charge in [-0.25, -0.2) is 4.98 Å². The molecule has 0 N–H and O–H groups in total. The van der Waals surface area contributed by atoms with Crippen molar-refractivity contribution in [1.82, 2.24) is 4.98 Å². The molecule has 17 heavy (non-hydrogen) atoms. The van der Waals surface area contributed by atoms with Crippen molar-refractivity contribution in [2.75, 3.05) is 6.61 Å². The van der Waals surface area contributed by atoms with Crippen LogP contribution in [0.25, 0.3) is 0 Å². The molecule has 1 aliphatic heterocycles. The van der Waals surface area contributed by atoms with E-state index < -0.39 is 0 Å². The van der Waals surface area contributed by atoms with Gasteiger partial charge in [0, 0.05) is 24.1 Å². The highest BCUT2D eigenvalue weighted by Gasteiger charge is 2.15. The molecule has 4 heteroatoms. The molecule has 0 amide bonds. The van der Waals surface area contributed by atoms with Crippen molar-refractivity contribution in [3.8, 4) is 0 Å². The Morgan fingerprint density at radius 1 is 1.65 bits per heavy atom. The van der Waals surface area contributed by atoms with Crippen LogP contribution in [0.4, 0.5) is 0 Å². The molecular weight excluding hydrogens is 234 g/mol. The van der Waals surface area contributed by atoms with Crippen LogP contribution in [-0.4, -0.2) is 23.5 Å². The predicted octanol–water partition coefficient (Wildman–Crippen LogP) is 2.91. The molecule has 2 rings (SSSR count). The minimum Gasteiger partial charge on any atom is -0.378 e. The zero-order valence-corrected chi connectivity index (χ0v) is 11.1. The molecule has 1 saturated heterocycles. The summed E-state index contributed by atoms with van der Waals surface area (Å²) in [6.07, 6.45) is 5.90. The number of aromatic nitrogens is 1. The fourth-order valence-electron chi connectivity index (χ4n) is 2.14. The molecule has 2 heterocycles. The molecule has 0 aliphatic carbocycles. The molecule has 0 bridgehead atoms. The van der Waals surface area contributed by atoms with Crippen LogP contribution in [0.3, 0.4) is 0 Å². The first kappa shape index (κ1) is 12.7. The highest BCUT2D eigenvalue weighted by molar-refractivity contribution is 7.09. The Bertz CT molecular complexity index is 369. The number of Topliss-reactive ketones (excluding diaryl/α,β-unsaturated/α-hetero) is 1. The predicted molar refractivity (Wildman–Crippen MR) is 68.4 cm³/mol. The molecule has 1 fully saturated rings. The first-order valence-electron chi connectivity index (χ1n) is 6.28. The maximum atomic E-state index is 11.7. The normalized spacial score (nSPS) is 19.7. The van der Waals surface area contributed by atoms with E-state index in [-0.39, 0.29) is 0 Å². The number of hydrogen-bond acceptors (Lipinski definition) is 4. The molecule has 1 aromatic heterocycles. The van der Waals surface area contributed by atoms with Gasteiger partial charge in [-0.2, -0.15) is 0 Å². The van der Waals surface area contributed by atoms with Crippen LogP contribution in [0.2, 0.25) is 0 Å². The smallest absolute Gasteiger partial charge is 0.139 e. The Kier molecular flexibility index (Phi) is 4.68. The van der Waals surface area contributed by atoms with Crippen molar-refractivity contribution in [2.45, 2.75) is 51.6 Å². The van der Waals surface area contributed by atoms with Crippen molar-refractivity contribution in [3.63, 3.8) is 0 Å². The minimum atomic E-state index is 0.303. The van der Waals surface area contributed by atoms with Crippen molar-refractivity contribution >= 4 is 17.1 Å². The third-order valence-corrected chi connectivity index (χ3v) is 3.99. The number of hydrogen-bond donors (Lipinski definition) is 0. The summed E-state index contributed by atoms with van der Waals surface area (Å²) < 4.78 is 5.53. The van der Waals surface area contributed by atoms with Gasteiger partial charge in [-0.1, -0.05) is 0 Å². The summed E-state index contributed by atoms with van der Waals surface area (Å²) in [7, 11) is 0. The van der Waals surface area contributed by atoms with E-state index in [4.69, 9.17) is 4.74 Å². The number of carbonyl (C=O) groups is 1. The van der Waals surface area contributed by atoms with Crippen LogP contribution in [0.1, 0.15) is 42.8 Å². The van der Waals surface area contributed by atoms with E-state index in [9.17, 15) is 4.79 Å². The van der Waals surface area contributed by atoms with Gasteiger partial charge in [-0.15, -0.1) is 11.3 Å². The highest BCUT2D eigenvalue weighted by atomic mass is 32.1. The van der Waals surface area contributed by atoms with Crippen LogP contribution >= 0.6 is 11.3 Å².